The molecule has 0 saturated heterocycles. The van der Waals surface area contributed by atoms with Gasteiger partial charge in [0.1, 0.15) is 0 Å². The average molecular weight is 386 g/mol. The van der Waals surface area contributed by atoms with Gasteiger partial charge in [0, 0.05) is 17.0 Å². The summed E-state index contributed by atoms with van der Waals surface area (Å²) >= 11 is 2.92. The lowest BCUT2D eigenvalue weighted by atomic mass is 10.1. The molecular weight excluding hydrogens is 366 g/mol. The average Bonchev–Trinajstić information content (AvgIpc) is 3.30. The van der Waals surface area contributed by atoms with Gasteiger partial charge in [0.2, 0.25) is 0 Å². The van der Waals surface area contributed by atoms with Crippen LogP contribution in [-0.4, -0.2) is 32.6 Å². The number of amides is 1. The molecule has 6 nitrogen and oxygen atoms in total. The van der Waals surface area contributed by atoms with E-state index in [-0.39, 0.29) is 11.7 Å². The number of carbonyl (C=O) groups is 1. The van der Waals surface area contributed by atoms with Crippen LogP contribution in [0.15, 0.2) is 52.0 Å². The Kier molecular flexibility index (Phi) is 6.19. The first-order chi connectivity index (χ1) is 12.7. The third-order valence-electron chi connectivity index (χ3n) is 3.60. The van der Waals surface area contributed by atoms with Gasteiger partial charge in [0.05, 0.1) is 12.0 Å². The van der Waals surface area contributed by atoms with Gasteiger partial charge in [-0.05, 0) is 25.3 Å². The van der Waals surface area contributed by atoms with Crippen LogP contribution in [0.5, 0.6) is 0 Å². The summed E-state index contributed by atoms with van der Waals surface area (Å²) in [7, 11) is 0. The second-order valence-electron chi connectivity index (χ2n) is 5.51. The van der Waals surface area contributed by atoms with Crippen LogP contribution in [0, 0.1) is 6.92 Å². The Labute approximate surface area is 160 Å². The number of rotatable bonds is 7. The van der Waals surface area contributed by atoms with E-state index in [0.717, 1.165) is 28.0 Å². The van der Waals surface area contributed by atoms with Crippen molar-refractivity contribution in [2.45, 2.75) is 25.5 Å². The number of nitrogens with zero attached hydrogens (tertiary/aromatic N) is 4. The van der Waals surface area contributed by atoms with Gasteiger partial charge in [-0.1, -0.05) is 47.7 Å². The van der Waals surface area contributed by atoms with Crippen LogP contribution in [0.25, 0.3) is 11.4 Å². The van der Waals surface area contributed by atoms with Crippen LogP contribution in [0.4, 0.5) is 0 Å². The van der Waals surface area contributed by atoms with E-state index in [1.807, 2.05) is 41.1 Å². The zero-order valence-corrected chi connectivity index (χ0v) is 16.2. The van der Waals surface area contributed by atoms with Gasteiger partial charge < -0.3 is 4.57 Å². The number of nitrogens with one attached hydrogen (secondary N) is 1. The Bertz CT molecular complexity index is 885. The highest BCUT2D eigenvalue weighted by atomic mass is 32.2. The van der Waals surface area contributed by atoms with Crippen LogP contribution < -0.4 is 5.43 Å². The number of hydrogen-bond donors (Lipinski definition) is 1. The lowest BCUT2D eigenvalue weighted by Gasteiger charge is -2.07. The van der Waals surface area contributed by atoms with Crippen molar-refractivity contribution >= 4 is 35.2 Å². The first-order valence-corrected chi connectivity index (χ1v) is 10.0. The maximum absolute atomic E-state index is 12.0. The molecule has 3 aromatic rings. The van der Waals surface area contributed by atoms with Gasteiger partial charge in [-0.15, -0.1) is 21.5 Å². The third kappa shape index (κ3) is 4.59. The van der Waals surface area contributed by atoms with E-state index in [1.165, 1.54) is 17.3 Å². The largest absolute Gasteiger partial charge is 0.302 e. The van der Waals surface area contributed by atoms with Crippen molar-refractivity contribution < 1.29 is 4.79 Å². The van der Waals surface area contributed by atoms with E-state index in [4.69, 9.17) is 0 Å². The number of thiophene rings is 1. The molecule has 8 heteroatoms. The number of thioether (sulfide) groups is 1. The van der Waals surface area contributed by atoms with Gasteiger partial charge >= 0.3 is 0 Å². The molecule has 0 radical (unpaired) electrons. The fourth-order valence-corrected chi connectivity index (χ4v) is 3.67. The Morgan fingerprint density at radius 3 is 2.81 bits per heavy atom. The highest BCUT2D eigenvalue weighted by Crippen LogP contribution is 2.24. The van der Waals surface area contributed by atoms with Gasteiger partial charge in [-0.2, -0.15) is 5.10 Å². The van der Waals surface area contributed by atoms with Gasteiger partial charge in [0.15, 0.2) is 11.0 Å². The number of hydrogen-bond acceptors (Lipinski definition) is 6. The van der Waals surface area contributed by atoms with Gasteiger partial charge in [0.25, 0.3) is 5.91 Å². The smallest absolute Gasteiger partial charge is 0.250 e. The molecule has 0 atom stereocenters. The summed E-state index contributed by atoms with van der Waals surface area (Å²) in [6.45, 7) is 4.82. The van der Waals surface area contributed by atoms with Crippen LogP contribution in [0.3, 0.4) is 0 Å². The number of aryl methyl sites for hydroxylation is 1. The molecular formula is C18H19N5OS2. The van der Waals surface area contributed by atoms with Crippen molar-refractivity contribution in [1.29, 1.82) is 0 Å². The number of carbonyl (C=O) groups excluding carboxylic acids is 1. The van der Waals surface area contributed by atoms with Crippen molar-refractivity contribution in [3.63, 3.8) is 0 Å². The first kappa shape index (κ1) is 18.3. The molecule has 0 aliphatic carbocycles. The van der Waals surface area contributed by atoms with Crippen LogP contribution in [-0.2, 0) is 11.3 Å². The number of hydrazone groups is 1. The lowest BCUT2D eigenvalue weighted by molar-refractivity contribution is -0.118. The van der Waals surface area contributed by atoms with Crippen molar-refractivity contribution in [3.8, 4) is 11.4 Å². The summed E-state index contributed by atoms with van der Waals surface area (Å²) in [5.74, 6) is 0.866. The first-order valence-electron chi connectivity index (χ1n) is 8.16. The molecule has 1 aromatic carbocycles. The van der Waals surface area contributed by atoms with E-state index in [9.17, 15) is 4.79 Å². The Morgan fingerprint density at radius 2 is 2.12 bits per heavy atom. The normalized spacial score (nSPS) is 11.2. The lowest BCUT2D eigenvalue weighted by Crippen LogP contribution is -2.19. The molecule has 134 valence electrons. The molecule has 0 spiro atoms. The van der Waals surface area contributed by atoms with Crippen molar-refractivity contribution in [2.75, 3.05) is 5.75 Å². The van der Waals surface area contributed by atoms with Crippen molar-refractivity contribution in [3.05, 3.63) is 52.2 Å². The monoisotopic (exact) mass is 385 g/mol. The Morgan fingerprint density at radius 1 is 1.31 bits per heavy atom. The summed E-state index contributed by atoms with van der Waals surface area (Å²) in [4.78, 5) is 13.0. The van der Waals surface area contributed by atoms with Crippen LogP contribution in [0.2, 0.25) is 0 Å². The summed E-state index contributed by atoms with van der Waals surface area (Å²) in [6, 6.07) is 12.0. The van der Waals surface area contributed by atoms with E-state index in [1.54, 1.807) is 17.6 Å². The standard InChI is InChI=1S/C18H19N5OS2/c1-3-23-17(14-8-6-13(2)7-9-14)21-22-18(23)26-12-16(24)20-19-11-15-5-4-10-25-15/h4-11H,3,12H2,1-2H3,(H,20,24)/b19-11-. The summed E-state index contributed by atoms with van der Waals surface area (Å²) < 4.78 is 2.01. The molecule has 26 heavy (non-hydrogen) atoms. The fraction of sp³-hybridized carbons (Fsp3) is 0.222. The molecule has 0 aliphatic rings. The van der Waals surface area contributed by atoms with Gasteiger partial charge in [-0.3, -0.25) is 4.79 Å². The van der Waals surface area contributed by atoms with Crippen molar-refractivity contribution in [1.82, 2.24) is 20.2 Å². The molecule has 1 N–H and O–H groups in total. The second-order valence-corrected chi connectivity index (χ2v) is 7.44. The summed E-state index contributed by atoms with van der Waals surface area (Å²) in [6.07, 6.45) is 1.64. The number of aromatic nitrogens is 3. The molecule has 2 heterocycles. The van der Waals surface area contributed by atoms with Gasteiger partial charge in [-0.25, -0.2) is 5.43 Å². The molecule has 0 saturated carbocycles. The minimum atomic E-state index is -0.176. The zero-order valence-electron chi connectivity index (χ0n) is 14.5. The maximum Gasteiger partial charge on any atom is 0.250 e. The van der Waals surface area contributed by atoms with E-state index >= 15 is 0 Å². The van der Waals surface area contributed by atoms with Crippen LogP contribution >= 0.6 is 23.1 Å². The van der Waals surface area contributed by atoms with E-state index in [2.05, 4.69) is 39.8 Å². The summed E-state index contributed by atoms with van der Waals surface area (Å²) in [5, 5.41) is 15.2. The SMILES string of the molecule is CCn1c(SCC(=O)N/N=C\c2cccs2)nnc1-c1ccc(C)cc1. The molecule has 2 aromatic heterocycles. The predicted molar refractivity (Wildman–Crippen MR) is 107 cm³/mol. The zero-order chi connectivity index (χ0) is 18.4. The molecule has 0 aliphatic heterocycles. The highest BCUT2D eigenvalue weighted by molar-refractivity contribution is 7.99. The molecule has 3 rings (SSSR count). The fourth-order valence-electron chi connectivity index (χ4n) is 2.29. The molecule has 0 bridgehead atoms. The highest BCUT2D eigenvalue weighted by Gasteiger charge is 2.14. The minimum Gasteiger partial charge on any atom is -0.302 e. The van der Waals surface area contributed by atoms with E-state index < -0.39 is 0 Å². The van der Waals surface area contributed by atoms with E-state index in [0.29, 0.717) is 0 Å². The Balaban J connectivity index is 1.61. The van der Waals surface area contributed by atoms with Crippen LogP contribution in [0.1, 0.15) is 17.4 Å². The maximum atomic E-state index is 12.0. The molecule has 0 fully saturated rings. The predicted octanol–water partition coefficient (Wildman–Crippen LogP) is 3.58. The summed E-state index contributed by atoms with van der Waals surface area (Å²) in [5.41, 5.74) is 4.75. The molecule has 0 unspecified atom stereocenters. The minimum absolute atomic E-state index is 0.176. The van der Waals surface area contributed by atoms with Crippen molar-refractivity contribution in [2.24, 2.45) is 5.10 Å². The third-order valence-corrected chi connectivity index (χ3v) is 5.37. The quantitative estimate of drug-likeness (QED) is 0.383. The number of benzene rings is 1. The topological polar surface area (TPSA) is 72.2 Å². The molecule has 1 amide bonds. The second kappa shape index (κ2) is 8.77. The Hall–Kier alpha value is -2.45.